The lowest BCUT2D eigenvalue weighted by Crippen LogP contribution is -2.20. The van der Waals surface area contributed by atoms with Gasteiger partial charge in [-0.2, -0.15) is 0 Å². The first kappa shape index (κ1) is 69.6. The SMILES string of the molecule is COc1ccc(Cn2cc(-c3cc(C(F)F)nc(S(=O)(=O)CCC(OCc4ccc(F)cc4F)c4ccccc4)n3)ccc2=O)cc1F.COc1ccc(Cn2cc(-c3cc(C(F)F)nc(S(=O)CCC(OCc4ccc(F)cc4F)c4ccccc4)n3)ccc2=O)cc1F. The van der Waals surface area contributed by atoms with E-state index in [4.69, 9.17) is 18.9 Å². The van der Waals surface area contributed by atoms with Gasteiger partial charge in [0.05, 0.1) is 80.7 Å². The first-order chi connectivity index (χ1) is 45.5. The Kier molecular flexibility index (Phi) is 23.4. The third-order valence-electron chi connectivity index (χ3n) is 14.5. The summed E-state index contributed by atoms with van der Waals surface area (Å²) in [6.45, 7) is -0.610. The Morgan fingerprint density at radius 1 is 0.495 bits per heavy atom. The normalized spacial score (nSPS) is 12.5. The molecule has 27 heteroatoms. The van der Waals surface area contributed by atoms with Crippen molar-refractivity contribution in [2.24, 2.45) is 0 Å². The number of aromatic nitrogens is 6. The van der Waals surface area contributed by atoms with Crippen LogP contribution >= 0.6 is 0 Å². The molecule has 10 rings (SSSR count). The second kappa shape index (κ2) is 32.0. The molecule has 0 saturated carbocycles. The van der Waals surface area contributed by atoms with Gasteiger partial charge in [0.1, 0.15) is 34.7 Å². The molecule has 4 heterocycles. The Labute approximate surface area is 539 Å². The average molecular weight is 1360 g/mol. The summed E-state index contributed by atoms with van der Waals surface area (Å²) in [6.07, 6.45) is -5.08. The fraction of sp³-hybridized carbons (Fsp3) is 0.206. The molecule has 0 aliphatic rings. The Morgan fingerprint density at radius 3 is 1.39 bits per heavy atom. The van der Waals surface area contributed by atoms with Crippen LogP contribution in [-0.4, -0.2) is 67.4 Å². The number of rotatable bonds is 26. The van der Waals surface area contributed by atoms with Gasteiger partial charge < -0.3 is 28.1 Å². The molecule has 494 valence electrons. The van der Waals surface area contributed by atoms with Gasteiger partial charge in [-0.25, -0.2) is 72.3 Å². The van der Waals surface area contributed by atoms with Crippen molar-refractivity contribution >= 4 is 20.6 Å². The molecule has 0 amide bonds. The minimum absolute atomic E-state index is 0.0101. The van der Waals surface area contributed by atoms with Gasteiger partial charge in [-0.15, -0.1) is 0 Å². The highest BCUT2D eigenvalue weighted by molar-refractivity contribution is 7.91. The Morgan fingerprint density at radius 2 is 0.947 bits per heavy atom. The van der Waals surface area contributed by atoms with E-state index in [2.05, 4.69) is 19.9 Å². The predicted molar refractivity (Wildman–Crippen MR) is 331 cm³/mol. The van der Waals surface area contributed by atoms with Crippen molar-refractivity contribution in [2.45, 2.75) is 74.5 Å². The fourth-order valence-corrected chi connectivity index (χ4v) is 11.8. The summed E-state index contributed by atoms with van der Waals surface area (Å²) in [5, 5.41) is -1.20. The quantitative estimate of drug-likeness (QED) is 0.0369. The van der Waals surface area contributed by atoms with E-state index in [0.717, 1.165) is 36.4 Å². The zero-order chi connectivity index (χ0) is 67.9. The van der Waals surface area contributed by atoms with Crippen LogP contribution in [0.3, 0.4) is 0 Å². The average Bonchev–Trinajstić information content (AvgIpc) is 0.813. The molecule has 6 aromatic carbocycles. The summed E-state index contributed by atoms with van der Waals surface area (Å²) >= 11 is 0. The second-order valence-corrected chi connectivity index (χ2v) is 24.5. The van der Waals surface area contributed by atoms with Crippen LogP contribution < -0.4 is 20.6 Å². The third-order valence-corrected chi connectivity index (χ3v) is 17.3. The number of hydrogen-bond donors (Lipinski definition) is 0. The van der Waals surface area contributed by atoms with E-state index in [1.807, 2.05) is 0 Å². The number of sulfone groups is 1. The highest BCUT2D eigenvalue weighted by Crippen LogP contribution is 2.31. The van der Waals surface area contributed by atoms with Crippen LogP contribution in [0.25, 0.3) is 22.5 Å². The van der Waals surface area contributed by atoms with Crippen molar-refractivity contribution < 1.29 is 75.5 Å². The molecule has 3 unspecified atom stereocenters. The summed E-state index contributed by atoms with van der Waals surface area (Å²) in [7, 11) is -3.74. The van der Waals surface area contributed by atoms with Crippen LogP contribution in [0.2, 0.25) is 0 Å². The third kappa shape index (κ3) is 18.6. The minimum Gasteiger partial charge on any atom is -0.494 e. The first-order valence-electron chi connectivity index (χ1n) is 28.8. The van der Waals surface area contributed by atoms with Gasteiger partial charge in [0.25, 0.3) is 24.0 Å². The lowest BCUT2D eigenvalue weighted by molar-refractivity contribution is 0.0360. The molecular formula is C68H56F10N6O9S2. The maximum atomic E-state index is 14.2. The summed E-state index contributed by atoms with van der Waals surface area (Å²) in [6, 6.07) is 38.9. The summed E-state index contributed by atoms with van der Waals surface area (Å²) in [5.41, 5.74) is 0.125. The van der Waals surface area contributed by atoms with Crippen LogP contribution in [-0.2, 0) is 56.4 Å². The molecule has 0 saturated heterocycles. The molecule has 3 atom stereocenters. The van der Waals surface area contributed by atoms with Gasteiger partial charge >= 0.3 is 0 Å². The van der Waals surface area contributed by atoms with Gasteiger partial charge in [-0.05, 0) is 95.8 Å². The maximum Gasteiger partial charge on any atom is 0.280 e. The molecule has 10 aromatic rings. The van der Waals surface area contributed by atoms with E-state index in [0.29, 0.717) is 28.3 Å². The van der Waals surface area contributed by atoms with E-state index in [9.17, 15) is 66.1 Å². The number of alkyl halides is 4. The maximum absolute atomic E-state index is 14.2. The van der Waals surface area contributed by atoms with Gasteiger partial charge in [0.2, 0.25) is 20.2 Å². The summed E-state index contributed by atoms with van der Waals surface area (Å²) in [5.74, 6) is -5.02. The number of halogens is 10. The van der Waals surface area contributed by atoms with Gasteiger partial charge in [-0.1, -0.05) is 84.9 Å². The van der Waals surface area contributed by atoms with E-state index in [-0.39, 0.29) is 95.2 Å². The first-order valence-corrected chi connectivity index (χ1v) is 31.7. The van der Waals surface area contributed by atoms with Crippen molar-refractivity contribution in [3.63, 3.8) is 0 Å². The largest absolute Gasteiger partial charge is 0.494 e. The molecule has 95 heavy (non-hydrogen) atoms. The molecule has 15 nitrogen and oxygen atoms in total. The standard InChI is InChI=1S/C34H28F5N3O5S.C34H28F5N3O4S/c1-46-31-11-7-21(15-27(31)37)18-42-19-23(9-12-32(42)43)28-17-29(33(38)39)41-34(40-28)48(44,45)14-13-30(22-5-3-2-4-6-22)47-20-24-8-10-25(35)16-26(24)36;1-45-31-11-7-21(15-27(31)37)18-42-19-23(9-12-32(42)43)28-17-29(33(38)39)41-34(40-28)47(44)14-13-30(22-5-3-2-4-6-22)46-20-24-8-10-25(35)16-26(24)36/h2-12,15-17,19,30,33H,13-14,18,20H2,1H3;2-12,15-17,19,30,33H,13-14,18,20H2,1H3. The summed E-state index contributed by atoms with van der Waals surface area (Å²) < 4.78 is 204. The van der Waals surface area contributed by atoms with Crippen LogP contribution in [0.1, 0.15) is 82.7 Å². The van der Waals surface area contributed by atoms with Crippen LogP contribution in [0.4, 0.5) is 43.9 Å². The lowest BCUT2D eigenvalue weighted by Gasteiger charge is -2.19. The van der Waals surface area contributed by atoms with Crippen molar-refractivity contribution in [3.05, 3.63) is 283 Å². The Bertz CT molecular complexity index is 4600. The Hall–Kier alpha value is -9.70. The van der Waals surface area contributed by atoms with E-state index < -0.39 is 114 Å². The highest BCUT2D eigenvalue weighted by atomic mass is 32.2. The van der Waals surface area contributed by atoms with E-state index in [1.54, 1.807) is 72.8 Å². The van der Waals surface area contributed by atoms with Crippen molar-refractivity contribution in [1.82, 2.24) is 29.1 Å². The van der Waals surface area contributed by atoms with Crippen molar-refractivity contribution in [1.29, 1.82) is 0 Å². The van der Waals surface area contributed by atoms with Crippen LogP contribution in [0, 0.1) is 34.9 Å². The van der Waals surface area contributed by atoms with Gasteiger partial charge in [0.15, 0.2) is 23.1 Å². The molecule has 0 spiro atoms. The predicted octanol–water partition coefficient (Wildman–Crippen LogP) is 14.0. The number of methoxy groups -OCH3 is 2. The number of nitrogens with zero attached hydrogens (tertiary/aromatic N) is 6. The van der Waals surface area contributed by atoms with E-state index in [1.165, 1.54) is 90.3 Å². The smallest absolute Gasteiger partial charge is 0.280 e. The molecule has 0 aliphatic heterocycles. The molecule has 0 aliphatic carbocycles. The minimum atomic E-state index is -4.41. The molecular weight excluding hydrogens is 1300 g/mol. The molecule has 0 fully saturated rings. The van der Waals surface area contributed by atoms with Gasteiger partial charge in [0, 0.05) is 64.7 Å². The topological polar surface area (TPSA) is 184 Å². The molecule has 4 aromatic heterocycles. The number of hydrogen-bond acceptors (Lipinski definition) is 13. The van der Waals surface area contributed by atoms with Crippen molar-refractivity contribution in [2.75, 3.05) is 25.7 Å². The van der Waals surface area contributed by atoms with Crippen LogP contribution in [0.15, 0.2) is 202 Å². The van der Waals surface area contributed by atoms with Crippen LogP contribution in [0.5, 0.6) is 11.5 Å². The highest BCUT2D eigenvalue weighted by Gasteiger charge is 2.27. The van der Waals surface area contributed by atoms with Crippen molar-refractivity contribution in [3.8, 4) is 34.0 Å². The zero-order valence-electron chi connectivity index (χ0n) is 50.2. The monoisotopic (exact) mass is 1350 g/mol. The lowest BCUT2D eigenvalue weighted by atomic mass is 10.1. The van der Waals surface area contributed by atoms with Gasteiger partial charge in [-0.3, -0.25) is 13.8 Å². The number of benzene rings is 6. The fourth-order valence-electron chi connectivity index (χ4n) is 9.61. The zero-order valence-corrected chi connectivity index (χ0v) is 51.9. The number of pyridine rings is 2. The summed E-state index contributed by atoms with van der Waals surface area (Å²) in [4.78, 5) is 41.1. The van der Waals surface area contributed by atoms with E-state index >= 15 is 0 Å². The molecule has 0 radical (unpaired) electrons. The number of ether oxygens (including phenoxy) is 4. The molecule has 0 N–H and O–H groups in total. The Balaban J connectivity index is 0.000000223. The second-order valence-electron chi connectivity index (χ2n) is 21.1. The molecule has 0 bridgehead atoms.